The number of nitrogens with two attached hydrogens (primary N) is 1. The Bertz CT molecular complexity index is 338. The summed E-state index contributed by atoms with van der Waals surface area (Å²) >= 11 is 0. The van der Waals surface area contributed by atoms with Crippen LogP contribution in [-0.2, 0) is 0 Å². The number of primary amides is 1. The summed E-state index contributed by atoms with van der Waals surface area (Å²) in [7, 11) is 1.75. The molecule has 0 saturated carbocycles. The van der Waals surface area contributed by atoms with Crippen molar-refractivity contribution in [3.05, 3.63) is 29.8 Å². The summed E-state index contributed by atoms with van der Waals surface area (Å²) in [5.41, 5.74) is 5.53. The number of hydrogen-bond donors (Lipinski definition) is 3. The van der Waals surface area contributed by atoms with Gasteiger partial charge < -0.3 is 20.9 Å². The van der Waals surface area contributed by atoms with Gasteiger partial charge in [-0.2, -0.15) is 0 Å². The summed E-state index contributed by atoms with van der Waals surface area (Å²) in [5, 5.41) is 12.2. The molecule has 88 valence electrons. The van der Waals surface area contributed by atoms with E-state index in [1.54, 1.807) is 31.3 Å². The van der Waals surface area contributed by atoms with Gasteiger partial charge in [0.25, 0.3) is 0 Å². The summed E-state index contributed by atoms with van der Waals surface area (Å²) in [6.45, 7) is 0.677. The molecule has 0 aliphatic rings. The van der Waals surface area contributed by atoms with E-state index in [0.29, 0.717) is 17.9 Å². The van der Waals surface area contributed by atoms with E-state index in [0.717, 1.165) is 0 Å². The molecule has 0 spiro atoms. The van der Waals surface area contributed by atoms with Gasteiger partial charge in [-0.3, -0.25) is 4.79 Å². The van der Waals surface area contributed by atoms with Crippen molar-refractivity contribution < 1.29 is 14.6 Å². The monoisotopic (exact) mass is 224 g/mol. The Kier molecular flexibility index (Phi) is 4.75. The lowest BCUT2D eigenvalue weighted by molar-refractivity contribution is 0.0999. The first-order valence-corrected chi connectivity index (χ1v) is 4.99. The molecule has 16 heavy (non-hydrogen) atoms. The van der Waals surface area contributed by atoms with Crippen molar-refractivity contribution >= 4 is 5.91 Å². The quantitative estimate of drug-likeness (QED) is 0.622. The van der Waals surface area contributed by atoms with Crippen LogP contribution < -0.4 is 15.8 Å². The van der Waals surface area contributed by atoms with Gasteiger partial charge in [0.15, 0.2) is 0 Å². The Balaban J connectivity index is 2.46. The fourth-order valence-electron chi connectivity index (χ4n) is 1.20. The minimum absolute atomic E-state index is 0.205. The number of benzene rings is 1. The number of likely N-dealkylation sites (N-methyl/N-ethyl adjacent to an activating group) is 1. The first kappa shape index (κ1) is 12.5. The summed E-state index contributed by atoms with van der Waals surface area (Å²) in [6.07, 6.45) is -0.555. The summed E-state index contributed by atoms with van der Waals surface area (Å²) in [5.74, 6) is 0.127. The van der Waals surface area contributed by atoms with Gasteiger partial charge in [0.1, 0.15) is 18.5 Å². The first-order chi connectivity index (χ1) is 7.63. The smallest absolute Gasteiger partial charge is 0.248 e. The number of aliphatic hydroxyl groups is 1. The van der Waals surface area contributed by atoms with E-state index in [2.05, 4.69) is 5.32 Å². The van der Waals surface area contributed by atoms with Gasteiger partial charge in [-0.05, 0) is 31.3 Å². The van der Waals surface area contributed by atoms with Crippen molar-refractivity contribution in [1.29, 1.82) is 0 Å². The molecule has 1 aromatic carbocycles. The molecular formula is C11H16N2O3. The number of carbonyl (C=O) groups is 1. The zero-order valence-electron chi connectivity index (χ0n) is 9.14. The Hall–Kier alpha value is -1.59. The van der Waals surface area contributed by atoms with Crippen molar-refractivity contribution in [3.63, 3.8) is 0 Å². The summed E-state index contributed by atoms with van der Waals surface area (Å²) < 4.78 is 5.31. The van der Waals surface area contributed by atoms with Gasteiger partial charge in [-0.1, -0.05) is 0 Å². The number of carbonyl (C=O) groups excluding carboxylic acids is 1. The fraction of sp³-hybridized carbons (Fsp3) is 0.364. The van der Waals surface area contributed by atoms with E-state index in [4.69, 9.17) is 10.5 Å². The highest BCUT2D eigenvalue weighted by molar-refractivity contribution is 5.92. The maximum absolute atomic E-state index is 10.8. The second-order valence-corrected chi connectivity index (χ2v) is 3.41. The SMILES string of the molecule is CNCC(O)COc1ccc(C(N)=O)cc1. The van der Waals surface area contributed by atoms with Crippen LogP contribution in [0.15, 0.2) is 24.3 Å². The van der Waals surface area contributed by atoms with Crippen LogP contribution in [0.4, 0.5) is 0 Å². The normalized spacial score (nSPS) is 12.1. The minimum Gasteiger partial charge on any atom is -0.491 e. The fourth-order valence-corrected chi connectivity index (χ4v) is 1.20. The average molecular weight is 224 g/mol. The minimum atomic E-state index is -0.555. The van der Waals surface area contributed by atoms with Crippen LogP contribution in [-0.4, -0.2) is 37.3 Å². The van der Waals surface area contributed by atoms with Crippen molar-refractivity contribution in [3.8, 4) is 5.75 Å². The van der Waals surface area contributed by atoms with Gasteiger partial charge >= 0.3 is 0 Å². The number of nitrogens with one attached hydrogen (secondary N) is 1. The molecule has 0 fully saturated rings. The maximum Gasteiger partial charge on any atom is 0.248 e. The topological polar surface area (TPSA) is 84.6 Å². The lowest BCUT2D eigenvalue weighted by atomic mass is 10.2. The van der Waals surface area contributed by atoms with Crippen LogP contribution >= 0.6 is 0 Å². The van der Waals surface area contributed by atoms with Crippen molar-refractivity contribution in [2.24, 2.45) is 5.73 Å². The maximum atomic E-state index is 10.8. The largest absolute Gasteiger partial charge is 0.491 e. The van der Waals surface area contributed by atoms with E-state index in [1.165, 1.54) is 0 Å². The molecule has 1 unspecified atom stereocenters. The zero-order chi connectivity index (χ0) is 12.0. The second-order valence-electron chi connectivity index (χ2n) is 3.41. The van der Waals surface area contributed by atoms with Crippen LogP contribution in [0.25, 0.3) is 0 Å². The Morgan fingerprint density at radius 1 is 1.50 bits per heavy atom. The Labute approximate surface area is 94.2 Å². The van der Waals surface area contributed by atoms with Gasteiger partial charge in [-0.25, -0.2) is 0 Å². The molecule has 1 atom stereocenters. The van der Waals surface area contributed by atoms with Crippen LogP contribution in [0.2, 0.25) is 0 Å². The van der Waals surface area contributed by atoms with E-state index >= 15 is 0 Å². The van der Waals surface area contributed by atoms with E-state index in [1.807, 2.05) is 0 Å². The molecule has 5 nitrogen and oxygen atoms in total. The highest BCUT2D eigenvalue weighted by Gasteiger charge is 2.04. The third-order valence-corrected chi connectivity index (χ3v) is 2.02. The number of amides is 1. The number of rotatable bonds is 6. The van der Waals surface area contributed by atoms with E-state index < -0.39 is 12.0 Å². The zero-order valence-corrected chi connectivity index (χ0v) is 9.14. The second kappa shape index (κ2) is 6.09. The molecule has 0 radical (unpaired) electrons. The van der Waals surface area contributed by atoms with E-state index in [9.17, 15) is 9.90 Å². The van der Waals surface area contributed by atoms with Crippen LogP contribution in [0.5, 0.6) is 5.75 Å². The number of aliphatic hydroxyl groups excluding tert-OH is 1. The highest BCUT2D eigenvalue weighted by Crippen LogP contribution is 2.11. The first-order valence-electron chi connectivity index (χ1n) is 4.99. The van der Waals surface area contributed by atoms with Gasteiger partial charge in [0.2, 0.25) is 5.91 Å². The van der Waals surface area contributed by atoms with Crippen LogP contribution in [0.3, 0.4) is 0 Å². The van der Waals surface area contributed by atoms with Gasteiger partial charge in [-0.15, -0.1) is 0 Å². The number of ether oxygens (including phenoxy) is 1. The Morgan fingerprint density at radius 3 is 2.62 bits per heavy atom. The van der Waals surface area contributed by atoms with E-state index in [-0.39, 0.29) is 6.61 Å². The molecule has 1 amide bonds. The lowest BCUT2D eigenvalue weighted by Gasteiger charge is -2.11. The molecule has 0 aliphatic carbocycles. The molecule has 0 bridgehead atoms. The Morgan fingerprint density at radius 2 is 2.12 bits per heavy atom. The van der Waals surface area contributed by atoms with Crippen LogP contribution in [0.1, 0.15) is 10.4 Å². The van der Waals surface area contributed by atoms with Gasteiger partial charge in [0, 0.05) is 12.1 Å². The number of hydrogen-bond acceptors (Lipinski definition) is 4. The van der Waals surface area contributed by atoms with Crippen molar-refractivity contribution in [1.82, 2.24) is 5.32 Å². The van der Waals surface area contributed by atoms with Crippen LogP contribution in [0, 0.1) is 0 Å². The van der Waals surface area contributed by atoms with Gasteiger partial charge in [0.05, 0.1) is 0 Å². The predicted molar refractivity (Wildman–Crippen MR) is 60.4 cm³/mol. The molecule has 0 saturated heterocycles. The standard InChI is InChI=1S/C11H16N2O3/c1-13-6-9(14)7-16-10-4-2-8(3-5-10)11(12)15/h2-5,9,13-14H,6-7H2,1H3,(H2,12,15). The van der Waals surface area contributed by atoms with Crippen molar-refractivity contribution in [2.75, 3.05) is 20.2 Å². The molecule has 4 N–H and O–H groups in total. The molecule has 1 aromatic rings. The summed E-state index contributed by atoms with van der Waals surface area (Å²) in [6, 6.07) is 6.46. The summed E-state index contributed by atoms with van der Waals surface area (Å²) in [4.78, 5) is 10.8. The highest BCUT2D eigenvalue weighted by atomic mass is 16.5. The molecule has 5 heteroatoms. The lowest BCUT2D eigenvalue weighted by Crippen LogP contribution is -2.29. The average Bonchev–Trinajstić information content (AvgIpc) is 2.27. The molecule has 0 aliphatic heterocycles. The third-order valence-electron chi connectivity index (χ3n) is 2.02. The molecule has 1 rings (SSSR count). The third kappa shape index (κ3) is 3.88. The van der Waals surface area contributed by atoms with Crippen molar-refractivity contribution in [2.45, 2.75) is 6.10 Å². The molecular weight excluding hydrogens is 208 g/mol. The predicted octanol–water partition coefficient (Wildman–Crippen LogP) is -0.255. The molecule has 0 aromatic heterocycles. The molecule has 0 heterocycles.